The van der Waals surface area contributed by atoms with Gasteiger partial charge in [0.2, 0.25) is 0 Å². The number of nitrogens with zero attached hydrogens (tertiary/aromatic N) is 2. The van der Waals surface area contributed by atoms with Crippen LogP contribution in [0.2, 0.25) is 0 Å². The molecule has 0 radical (unpaired) electrons. The van der Waals surface area contributed by atoms with E-state index < -0.39 is 0 Å². The van der Waals surface area contributed by atoms with Gasteiger partial charge < -0.3 is 0 Å². The van der Waals surface area contributed by atoms with Crippen LogP contribution in [0.25, 0.3) is 10.9 Å². The van der Waals surface area contributed by atoms with Gasteiger partial charge in [0.05, 0.1) is 11.1 Å². The summed E-state index contributed by atoms with van der Waals surface area (Å²) in [5.74, 6) is -0.178. The topological polar surface area (TPSA) is 52.0 Å². The lowest BCUT2D eigenvalue weighted by atomic mass is 10.1. The number of carbonyl (C=O) groups excluding carboxylic acids is 2. The first-order valence-corrected chi connectivity index (χ1v) is 6.23. The Hall–Kier alpha value is -2.75. The molecule has 0 aliphatic carbocycles. The van der Waals surface area contributed by atoms with E-state index in [2.05, 4.69) is 4.98 Å². The van der Waals surface area contributed by atoms with Crippen LogP contribution in [-0.2, 0) is 0 Å². The maximum atomic E-state index is 12.4. The molecular weight excluding hydrogens is 252 g/mol. The Balaban J connectivity index is 2.14. The van der Waals surface area contributed by atoms with Gasteiger partial charge in [-0.05, 0) is 31.2 Å². The zero-order chi connectivity index (χ0) is 14.1. The lowest BCUT2D eigenvalue weighted by molar-refractivity contribution is 0.0962. The van der Waals surface area contributed by atoms with Crippen molar-refractivity contribution in [3.8, 4) is 0 Å². The summed E-state index contributed by atoms with van der Waals surface area (Å²) in [6.45, 7) is 1.51. The van der Waals surface area contributed by atoms with Crippen LogP contribution in [0.1, 0.15) is 27.6 Å². The minimum Gasteiger partial charge on any atom is -0.295 e. The highest BCUT2D eigenvalue weighted by Crippen LogP contribution is 2.19. The maximum Gasteiger partial charge on any atom is 0.263 e. The zero-order valence-electron chi connectivity index (χ0n) is 10.9. The van der Waals surface area contributed by atoms with Crippen molar-refractivity contribution in [2.24, 2.45) is 0 Å². The summed E-state index contributed by atoms with van der Waals surface area (Å²) in [4.78, 5) is 27.9. The van der Waals surface area contributed by atoms with Crippen molar-refractivity contribution >= 4 is 22.6 Å². The van der Waals surface area contributed by atoms with Crippen molar-refractivity contribution < 1.29 is 9.59 Å². The summed E-state index contributed by atoms with van der Waals surface area (Å²) < 4.78 is 1.54. The third-order valence-corrected chi connectivity index (χ3v) is 3.23. The summed E-state index contributed by atoms with van der Waals surface area (Å²) in [7, 11) is 0. The van der Waals surface area contributed by atoms with Gasteiger partial charge >= 0.3 is 0 Å². The van der Waals surface area contributed by atoms with Crippen LogP contribution in [0.15, 0.2) is 55.0 Å². The van der Waals surface area contributed by atoms with Gasteiger partial charge in [-0.25, -0.2) is 0 Å². The van der Waals surface area contributed by atoms with E-state index in [1.165, 1.54) is 13.1 Å². The van der Waals surface area contributed by atoms with Gasteiger partial charge in [-0.15, -0.1) is 0 Å². The van der Waals surface area contributed by atoms with Crippen LogP contribution in [0.3, 0.4) is 0 Å². The van der Waals surface area contributed by atoms with Crippen molar-refractivity contribution in [3.05, 3.63) is 66.1 Å². The fraction of sp³-hybridized carbons (Fsp3) is 0.0625. The van der Waals surface area contributed by atoms with E-state index in [-0.39, 0.29) is 11.7 Å². The molecule has 4 nitrogen and oxygen atoms in total. The average Bonchev–Trinajstić information content (AvgIpc) is 2.90. The van der Waals surface area contributed by atoms with Crippen LogP contribution in [-0.4, -0.2) is 21.2 Å². The van der Waals surface area contributed by atoms with Gasteiger partial charge in [0.15, 0.2) is 5.78 Å². The fourth-order valence-electron chi connectivity index (χ4n) is 2.15. The van der Waals surface area contributed by atoms with E-state index >= 15 is 0 Å². The molecule has 2 heterocycles. The predicted octanol–water partition coefficient (Wildman–Crippen LogP) is 2.93. The number of fused-ring (bicyclic) bond motifs is 1. The van der Waals surface area contributed by atoms with Crippen LogP contribution in [0.5, 0.6) is 0 Å². The first-order valence-electron chi connectivity index (χ1n) is 6.23. The molecule has 0 saturated heterocycles. The minimum atomic E-state index is -0.159. The lowest BCUT2D eigenvalue weighted by Gasteiger charge is -2.04. The molecule has 0 saturated carbocycles. The second-order valence-corrected chi connectivity index (χ2v) is 4.56. The van der Waals surface area contributed by atoms with E-state index in [1.54, 1.807) is 41.2 Å². The minimum absolute atomic E-state index is 0.0199. The average molecular weight is 264 g/mol. The molecule has 0 aliphatic rings. The molecule has 0 amide bonds. The molecule has 0 unspecified atom stereocenters. The number of rotatable bonds is 2. The zero-order valence-corrected chi connectivity index (χ0v) is 10.9. The monoisotopic (exact) mass is 264 g/mol. The summed E-state index contributed by atoms with van der Waals surface area (Å²) in [6, 6.07) is 10.7. The van der Waals surface area contributed by atoms with Crippen molar-refractivity contribution in [3.63, 3.8) is 0 Å². The second kappa shape index (κ2) is 4.74. The smallest absolute Gasteiger partial charge is 0.263 e. The molecule has 3 rings (SSSR count). The highest BCUT2D eigenvalue weighted by atomic mass is 16.2. The molecule has 0 N–H and O–H groups in total. The van der Waals surface area contributed by atoms with Crippen molar-refractivity contribution in [2.75, 3.05) is 0 Å². The summed E-state index contributed by atoms with van der Waals surface area (Å²) in [6.07, 6.45) is 4.87. The number of hydrogen-bond donors (Lipinski definition) is 0. The van der Waals surface area contributed by atoms with E-state index in [1.807, 2.05) is 12.1 Å². The number of aromatic nitrogens is 2. The largest absolute Gasteiger partial charge is 0.295 e. The van der Waals surface area contributed by atoms with Crippen molar-refractivity contribution in [1.82, 2.24) is 9.55 Å². The van der Waals surface area contributed by atoms with E-state index in [0.717, 1.165) is 10.9 Å². The van der Waals surface area contributed by atoms with Gasteiger partial charge in [-0.1, -0.05) is 12.1 Å². The second-order valence-electron chi connectivity index (χ2n) is 4.56. The van der Waals surface area contributed by atoms with Gasteiger partial charge in [0, 0.05) is 29.5 Å². The van der Waals surface area contributed by atoms with E-state index in [9.17, 15) is 9.59 Å². The fourth-order valence-corrected chi connectivity index (χ4v) is 2.15. The Morgan fingerprint density at radius 1 is 1.10 bits per heavy atom. The molecule has 3 aromatic rings. The normalized spacial score (nSPS) is 10.7. The first-order chi connectivity index (χ1) is 9.66. The highest BCUT2D eigenvalue weighted by Gasteiger charge is 2.12. The number of hydrogen-bond acceptors (Lipinski definition) is 3. The molecule has 98 valence electrons. The Bertz CT molecular complexity index is 804. The Morgan fingerprint density at radius 2 is 1.95 bits per heavy atom. The molecule has 0 aliphatic heterocycles. The summed E-state index contributed by atoms with van der Waals surface area (Å²) >= 11 is 0. The Labute approximate surface area is 115 Å². The molecule has 0 spiro atoms. The summed E-state index contributed by atoms with van der Waals surface area (Å²) in [5, 5.41) is 0.923. The summed E-state index contributed by atoms with van der Waals surface area (Å²) in [5.41, 5.74) is 1.83. The molecule has 0 atom stereocenters. The quantitative estimate of drug-likeness (QED) is 0.669. The van der Waals surface area contributed by atoms with Crippen LogP contribution < -0.4 is 0 Å². The molecular formula is C16H12N2O2. The molecule has 1 aromatic carbocycles. The first kappa shape index (κ1) is 12.3. The SMILES string of the molecule is CC(=O)c1ccc2ccn(C(=O)c3cccnc3)c2c1. The number of pyridine rings is 1. The van der Waals surface area contributed by atoms with E-state index in [4.69, 9.17) is 0 Å². The third kappa shape index (κ3) is 2.01. The number of Topliss-reactive ketones (excluding diaryl/α,β-unsaturated/α-hetero) is 1. The van der Waals surface area contributed by atoms with Gasteiger partial charge in [0.25, 0.3) is 5.91 Å². The number of ketones is 1. The van der Waals surface area contributed by atoms with Crippen molar-refractivity contribution in [2.45, 2.75) is 6.92 Å². The lowest BCUT2D eigenvalue weighted by Crippen LogP contribution is -2.11. The van der Waals surface area contributed by atoms with Crippen molar-refractivity contribution in [1.29, 1.82) is 0 Å². The molecule has 4 heteroatoms. The Morgan fingerprint density at radius 3 is 2.65 bits per heavy atom. The Kier molecular flexibility index (Phi) is 2.91. The highest BCUT2D eigenvalue weighted by molar-refractivity contribution is 6.04. The van der Waals surface area contributed by atoms with Gasteiger partial charge in [-0.3, -0.25) is 19.1 Å². The standard InChI is InChI=1S/C16H12N2O2/c1-11(19)13-5-4-12-6-8-18(15(12)9-13)16(20)14-3-2-7-17-10-14/h2-10H,1H3. The van der Waals surface area contributed by atoms with Crippen LogP contribution in [0, 0.1) is 0 Å². The number of carbonyl (C=O) groups is 2. The van der Waals surface area contributed by atoms with Gasteiger partial charge in [-0.2, -0.15) is 0 Å². The molecule has 0 bridgehead atoms. The molecule has 2 aromatic heterocycles. The van der Waals surface area contributed by atoms with Crippen LogP contribution in [0.4, 0.5) is 0 Å². The van der Waals surface area contributed by atoms with Gasteiger partial charge in [0.1, 0.15) is 0 Å². The van der Waals surface area contributed by atoms with Crippen LogP contribution >= 0.6 is 0 Å². The molecule has 20 heavy (non-hydrogen) atoms. The van der Waals surface area contributed by atoms with E-state index in [0.29, 0.717) is 11.1 Å². The predicted molar refractivity (Wildman–Crippen MR) is 75.9 cm³/mol. The maximum absolute atomic E-state index is 12.4. The molecule has 0 fully saturated rings. The third-order valence-electron chi connectivity index (χ3n) is 3.23. The number of benzene rings is 1.